The van der Waals surface area contributed by atoms with Crippen molar-refractivity contribution >= 4 is 33.9 Å². The van der Waals surface area contributed by atoms with Crippen LogP contribution in [-0.2, 0) is 11.3 Å². The smallest absolute Gasteiger partial charge is 0.359 e. The zero-order valence-corrected chi connectivity index (χ0v) is 20.9. The van der Waals surface area contributed by atoms with Crippen LogP contribution in [0.5, 0.6) is 0 Å². The number of fused-ring (bicyclic) bond motifs is 1. The van der Waals surface area contributed by atoms with Gasteiger partial charge < -0.3 is 4.74 Å². The number of thiazole rings is 1. The number of esters is 1. The fraction of sp³-hybridized carbons (Fsp3) is 0.346. The molecule has 0 amide bonds. The van der Waals surface area contributed by atoms with Crippen LogP contribution in [-0.4, -0.2) is 37.7 Å². The molecule has 4 rings (SSSR count). The van der Waals surface area contributed by atoms with Gasteiger partial charge in [-0.25, -0.2) is 14.5 Å². The Morgan fingerprint density at radius 2 is 1.86 bits per heavy atom. The molecule has 0 aliphatic rings. The van der Waals surface area contributed by atoms with Crippen molar-refractivity contribution in [2.24, 2.45) is 0 Å². The third-order valence-corrected chi connectivity index (χ3v) is 6.72. The number of ether oxygens (including phenoxy) is 1. The number of Topliss-reactive ketones (excluding diaryl/α,β-unsaturated/α-hetero) is 1. The van der Waals surface area contributed by atoms with E-state index in [-0.39, 0.29) is 17.0 Å². The first-order chi connectivity index (χ1) is 16.9. The van der Waals surface area contributed by atoms with E-state index in [1.54, 1.807) is 36.5 Å². The average molecular weight is 493 g/mol. The molecule has 0 fully saturated rings. The van der Waals surface area contributed by atoms with Crippen molar-refractivity contribution in [2.75, 3.05) is 6.61 Å². The molecule has 8 nitrogen and oxygen atoms in total. The summed E-state index contributed by atoms with van der Waals surface area (Å²) in [6, 6.07) is 8.62. The Balaban J connectivity index is 1.55. The monoisotopic (exact) mass is 492 g/mol. The number of aryl methyl sites for hydroxylation is 2. The van der Waals surface area contributed by atoms with Crippen molar-refractivity contribution < 1.29 is 14.3 Å². The Hall–Kier alpha value is -3.59. The lowest BCUT2D eigenvalue weighted by Crippen LogP contribution is -2.27. The highest BCUT2D eigenvalue weighted by Gasteiger charge is 2.22. The van der Waals surface area contributed by atoms with Crippen molar-refractivity contribution in [1.29, 1.82) is 0 Å². The Morgan fingerprint density at radius 1 is 1.09 bits per heavy atom. The van der Waals surface area contributed by atoms with E-state index in [1.165, 1.54) is 16.0 Å². The minimum absolute atomic E-state index is 0.0387. The van der Waals surface area contributed by atoms with E-state index in [4.69, 9.17) is 4.74 Å². The van der Waals surface area contributed by atoms with Crippen LogP contribution in [0, 0.1) is 13.8 Å². The maximum atomic E-state index is 13.0. The molecular formula is C26H28N4O4S. The minimum Gasteiger partial charge on any atom is -0.452 e. The topological polar surface area (TPSA) is 96.1 Å². The van der Waals surface area contributed by atoms with Crippen LogP contribution in [0.3, 0.4) is 0 Å². The lowest BCUT2D eigenvalue weighted by Gasteiger charge is -2.11. The van der Waals surface area contributed by atoms with Gasteiger partial charge in [-0.15, -0.1) is 11.3 Å². The van der Waals surface area contributed by atoms with Crippen LogP contribution in [0.15, 0.2) is 46.7 Å². The molecule has 35 heavy (non-hydrogen) atoms. The quantitative estimate of drug-likeness (QED) is 0.178. The molecule has 4 aromatic rings. The molecule has 9 heteroatoms. The fourth-order valence-corrected chi connectivity index (χ4v) is 4.92. The van der Waals surface area contributed by atoms with Crippen molar-refractivity contribution in [1.82, 2.24) is 19.3 Å². The Kier molecular flexibility index (Phi) is 7.55. The molecule has 182 valence electrons. The molecule has 0 aliphatic carbocycles. The van der Waals surface area contributed by atoms with E-state index in [2.05, 4.69) is 17.0 Å². The average Bonchev–Trinajstić information content (AvgIpc) is 3.48. The van der Waals surface area contributed by atoms with Crippen molar-refractivity contribution in [2.45, 2.75) is 53.0 Å². The number of carbonyl (C=O) groups is 2. The van der Waals surface area contributed by atoms with Gasteiger partial charge >= 0.3 is 5.97 Å². The van der Waals surface area contributed by atoms with Crippen molar-refractivity contribution in [3.63, 3.8) is 0 Å². The van der Waals surface area contributed by atoms with Crippen LogP contribution in [0.1, 0.15) is 64.8 Å². The SMILES string of the molecule is CCCCCCn1nc(C(=O)OCC(=O)c2cc(C)n(-c3nccs3)c2C)c2ccccc2c1=O. The lowest BCUT2D eigenvalue weighted by molar-refractivity contribution is 0.0468. The van der Waals surface area contributed by atoms with Gasteiger partial charge in [-0.2, -0.15) is 5.10 Å². The number of rotatable bonds is 10. The molecule has 1 aromatic carbocycles. The Morgan fingerprint density at radius 3 is 2.57 bits per heavy atom. The van der Waals surface area contributed by atoms with Crippen LogP contribution < -0.4 is 5.56 Å². The molecule has 0 atom stereocenters. The zero-order chi connectivity index (χ0) is 24.9. The summed E-state index contributed by atoms with van der Waals surface area (Å²) in [4.78, 5) is 43.1. The number of unbranched alkanes of at least 4 members (excludes halogenated alkanes) is 3. The van der Waals surface area contributed by atoms with E-state index >= 15 is 0 Å². The molecule has 0 unspecified atom stereocenters. The number of aromatic nitrogens is 4. The predicted octanol–water partition coefficient (Wildman–Crippen LogP) is 4.88. The molecule has 3 aromatic heterocycles. The van der Waals surface area contributed by atoms with Crippen molar-refractivity contribution in [3.05, 3.63) is 74.9 Å². The maximum Gasteiger partial charge on any atom is 0.359 e. The second-order valence-corrected chi connectivity index (χ2v) is 9.29. The number of nitrogens with zero attached hydrogens (tertiary/aromatic N) is 4. The first-order valence-electron chi connectivity index (χ1n) is 11.7. The summed E-state index contributed by atoms with van der Waals surface area (Å²) in [5, 5.41) is 7.79. The fourth-order valence-electron chi connectivity index (χ4n) is 4.17. The summed E-state index contributed by atoms with van der Waals surface area (Å²) in [6.07, 6.45) is 5.63. The normalized spacial score (nSPS) is 11.2. The maximum absolute atomic E-state index is 13.0. The van der Waals surface area contributed by atoms with Gasteiger partial charge in [0.1, 0.15) is 0 Å². The zero-order valence-electron chi connectivity index (χ0n) is 20.1. The summed E-state index contributed by atoms with van der Waals surface area (Å²) >= 11 is 1.48. The summed E-state index contributed by atoms with van der Waals surface area (Å²) in [6.45, 7) is 5.86. The molecular weight excluding hydrogens is 464 g/mol. The third-order valence-electron chi connectivity index (χ3n) is 5.96. The summed E-state index contributed by atoms with van der Waals surface area (Å²) < 4.78 is 8.63. The number of hydrogen-bond acceptors (Lipinski definition) is 7. The molecule has 0 spiro atoms. The van der Waals surface area contributed by atoms with Gasteiger partial charge in [-0.1, -0.05) is 44.4 Å². The van der Waals surface area contributed by atoms with Crippen LogP contribution in [0.4, 0.5) is 0 Å². The van der Waals surface area contributed by atoms with E-state index in [9.17, 15) is 14.4 Å². The molecule has 0 saturated heterocycles. The van der Waals surface area contributed by atoms with E-state index in [0.29, 0.717) is 22.9 Å². The lowest BCUT2D eigenvalue weighted by atomic mass is 10.1. The van der Waals surface area contributed by atoms with Crippen LogP contribution in [0.25, 0.3) is 15.9 Å². The molecule has 0 radical (unpaired) electrons. The Labute approximate surface area is 207 Å². The Bertz CT molecular complexity index is 1420. The van der Waals surface area contributed by atoms with Crippen LogP contribution >= 0.6 is 11.3 Å². The van der Waals surface area contributed by atoms with E-state index < -0.39 is 12.6 Å². The van der Waals surface area contributed by atoms with Gasteiger partial charge in [0.05, 0.1) is 5.39 Å². The number of hydrogen-bond donors (Lipinski definition) is 0. The molecule has 0 saturated carbocycles. The van der Waals surface area contributed by atoms with Gasteiger partial charge in [0.15, 0.2) is 17.4 Å². The van der Waals surface area contributed by atoms with Gasteiger partial charge in [0.2, 0.25) is 5.78 Å². The number of carbonyl (C=O) groups excluding carboxylic acids is 2. The highest BCUT2D eigenvalue weighted by Crippen LogP contribution is 2.23. The standard InChI is InChI=1S/C26H28N4O4S/c1-4-5-6-9-13-29-24(32)20-11-8-7-10-19(20)23(28-29)25(33)34-16-22(31)21-15-17(2)30(18(21)3)26-27-12-14-35-26/h7-8,10-12,14-15H,4-6,9,13,16H2,1-3H3. The largest absolute Gasteiger partial charge is 0.452 e. The molecule has 3 heterocycles. The second-order valence-electron chi connectivity index (χ2n) is 8.42. The first kappa shape index (κ1) is 24.5. The first-order valence-corrected chi connectivity index (χ1v) is 12.6. The number of ketones is 1. The summed E-state index contributed by atoms with van der Waals surface area (Å²) in [5.41, 5.74) is 1.89. The van der Waals surface area contributed by atoms with Gasteiger partial charge in [0, 0.05) is 40.5 Å². The second kappa shape index (κ2) is 10.8. The highest BCUT2D eigenvalue weighted by molar-refractivity contribution is 7.12. The van der Waals surface area contributed by atoms with E-state index in [1.807, 2.05) is 23.8 Å². The molecule has 0 bridgehead atoms. The number of benzene rings is 1. The van der Waals surface area contributed by atoms with Gasteiger partial charge in [-0.3, -0.25) is 14.2 Å². The predicted molar refractivity (Wildman–Crippen MR) is 136 cm³/mol. The van der Waals surface area contributed by atoms with Gasteiger partial charge in [-0.05, 0) is 32.4 Å². The molecule has 0 aliphatic heterocycles. The summed E-state index contributed by atoms with van der Waals surface area (Å²) in [7, 11) is 0. The van der Waals surface area contributed by atoms with Crippen molar-refractivity contribution in [3.8, 4) is 5.13 Å². The summed E-state index contributed by atoms with van der Waals surface area (Å²) in [5.74, 6) is -1.04. The molecule has 0 N–H and O–H groups in total. The highest BCUT2D eigenvalue weighted by atomic mass is 32.1. The van der Waals surface area contributed by atoms with Gasteiger partial charge in [0.25, 0.3) is 5.56 Å². The third kappa shape index (κ3) is 5.09. The van der Waals surface area contributed by atoms with Crippen LogP contribution in [0.2, 0.25) is 0 Å². The van der Waals surface area contributed by atoms with E-state index in [0.717, 1.165) is 42.2 Å². The minimum atomic E-state index is -0.731.